The lowest BCUT2D eigenvalue weighted by atomic mass is 9.68. The summed E-state index contributed by atoms with van der Waals surface area (Å²) in [7, 11) is 0. The van der Waals surface area contributed by atoms with Crippen molar-refractivity contribution in [2.45, 2.75) is 152 Å². The van der Waals surface area contributed by atoms with Gasteiger partial charge in [0.05, 0.1) is 51.2 Å². The SMILES string of the molecule is NC1C(O)O[C@H](CO)C(O[C@@H]2O[C@H](CO)C(O[C@@H]3O[C@@](CO)([C@]4(CO)O[C@@H](O[C@H]5[C@H](O)C(O)C(O)O[C@@H]5CO)[C@H](O)[C@@H](O)[C@H]4O)[C@@H](O)[C@H](O)[C@H]3N)[C@H](O)C2N)C1O. The lowest BCUT2D eigenvalue weighted by molar-refractivity contribution is -0.438. The molecule has 0 saturated carbocycles. The smallest absolute Gasteiger partial charge is 0.187 e. The van der Waals surface area contributed by atoms with Gasteiger partial charge >= 0.3 is 0 Å². The maximum absolute atomic E-state index is 11.4. The Morgan fingerprint density at radius 1 is 0.404 bits per heavy atom. The maximum atomic E-state index is 11.4. The molecule has 27 heteroatoms. The van der Waals surface area contributed by atoms with Crippen LogP contribution in [0.3, 0.4) is 0 Å². The molecule has 25 atom stereocenters. The normalized spacial score (nSPS) is 55.1. The van der Waals surface area contributed by atoms with E-state index in [1.165, 1.54) is 0 Å². The summed E-state index contributed by atoms with van der Waals surface area (Å²) < 4.78 is 44.7. The first kappa shape index (κ1) is 47.0. The lowest BCUT2D eigenvalue weighted by Gasteiger charge is -2.61. The van der Waals surface area contributed by atoms with Crippen molar-refractivity contribution in [1.29, 1.82) is 0 Å². The van der Waals surface area contributed by atoms with Crippen LogP contribution in [0.15, 0.2) is 0 Å². The Labute approximate surface area is 322 Å². The van der Waals surface area contributed by atoms with Gasteiger partial charge in [-0.1, -0.05) is 0 Å². The van der Waals surface area contributed by atoms with Gasteiger partial charge in [-0.15, -0.1) is 0 Å². The summed E-state index contributed by atoms with van der Waals surface area (Å²) >= 11 is 0. The highest BCUT2D eigenvalue weighted by atomic mass is 16.8. The Hall–Kier alpha value is -1.08. The topological polar surface area (TPSA) is 476 Å². The molecule has 5 aliphatic rings. The van der Waals surface area contributed by atoms with Crippen molar-refractivity contribution in [1.82, 2.24) is 0 Å². The summed E-state index contributed by atoms with van der Waals surface area (Å²) in [6.45, 7) is -5.78. The van der Waals surface area contributed by atoms with E-state index in [9.17, 15) is 81.7 Å². The van der Waals surface area contributed by atoms with Crippen LogP contribution in [0, 0.1) is 0 Å². The van der Waals surface area contributed by atoms with E-state index in [0.717, 1.165) is 0 Å². The molecule has 0 aromatic heterocycles. The van der Waals surface area contributed by atoms with E-state index in [-0.39, 0.29) is 0 Å². The van der Waals surface area contributed by atoms with Crippen LogP contribution in [-0.4, -0.2) is 267 Å². The second-order valence-corrected chi connectivity index (χ2v) is 14.6. The predicted molar refractivity (Wildman–Crippen MR) is 174 cm³/mol. The molecular formula is C30H55N3O24. The molecular weight excluding hydrogens is 786 g/mol. The van der Waals surface area contributed by atoms with Crippen LogP contribution in [-0.2, 0) is 37.9 Å². The van der Waals surface area contributed by atoms with E-state index < -0.39 is 185 Å². The molecule has 27 nitrogen and oxygen atoms in total. The Morgan fingerprint density at radius 3 is 1.33 bits per heavy atom. The zero-order valence-electron chi connectivity index (χ0n) is 30.0. The van der Waals surface area contributed by atoms with Crippen molar-refractivity contribution >= 4 is 0 Å². The third-order valence-electron chi connectivity index (χ3n) is 11.3. The maximum Gasteiger partial charge on any atom is 0.187 e. The first-order chi connectivity index (χ1) is 26.8. The molecule has 5 aliphatic heterocycles. The number of ether oxygens (including phenoxy) is 8. The first-order valence-electron chi connectivity index (χ1n) is 17.9. The van der Waals surface area contributed by atoms with Gasteiger partial charge in [0.1, 0.15) is 91.6 Å². The predicted octanol–water partition coefficient (Wildman–Crippen LogP) is -13.3. The van der Waals surface area contributed by atoms with E-state index in [4.69, 9.17) is 55.1 Å². The number of hydrogen-bond donors (Lipinski definition) is 19. The Bertz CT molecular complexity index is 1300. The molecule has 0 aromatic rings. The summed E-state index contributed by atoms with van der Waals surface area (Å²) in [4.78, 5) is 0. The fraction of sp³-hybridized carbons (Fsp3) is 1.00. The van der Waals surface area contributed by atoms with E-state index in [1.807, 2.05) is 0 Å². The third kappa shape index (κ3) is 8.09. The van der Waals surface area contributed by atoms with Crippen molar-refractivity contribution in [2.75, 3.05) is 33.0 Å². The van der Waals surface area contributed by atoms with Crippen LogP contribution in [0.25, 0.3) is 0 Å². The van der Waals surface area contributed by atoms with Crippen molar-refractivity contribution in [3.05, 3.63) is 0 Å². The molecule has 0 aliphatic carbocycles. The second-order valence-electron chi connectivity index (χ2n) is 14.6. The minimum Gasteiger partial charge on any atom is -0.394 e. The monoisotopic (exact) mass is 841 g/mol. The zero-order chi connectivity index (χ0) is 42.5. The average Bonchev–Trinajstić information content (AvgIpc) is 3.20. The zero-order valence-corrected chi connectivity index (χ0v) is 30.0. The van der Waals surface area contributed by atoms with Gasteiger partial charge in [0.15, 0.2) is 42.7 Å². The molecule has 22 N–H and O–H groups in total. The van der Waals surface area contributed by atoms with Gasteiger partial charge in [0, 0.05) is 0 Å². The van der Waals surface area contributed by atoms with Crippen LogP contribution in [0.2, 0.25) is 0 Å². The van der Waals surface area contributed by atoms with Crippen LogP contribution >= 0.6 is 0 Å². The standard InChI is InChI=1S/C30H55N3O24/c31-9-12(39)19(6(1-34)50-24(9)48)53-26-10(32)13(40)20(8(3-36)52-26)54-27-11(33)14(41)22(46)29(4-37,56-27)30(5-38)23(47)16(43)18(45)28(57-30)55-21-7(2-35)51-25(49)17(44)15(21)42/h6-28,34-49H,1-5,31-33H2/t6-,7-,8-,9?,10?,11-,12?,13-,14-,15-,16-,17?,18-,19?,20?,21-,22+,23-,24?,25?,26+,27-,28-,29-,30-/m1/s1. The molecule has 8 unspecified atom stereocenters. The largest absolute Gasteiger partial charge is 0.394 e. The first-order valence-corrected chi connectivity index (χ1v) is 17.9. The average molecular weight is 842 g/mol. The number of aliphatic hydroxyl groups excluding tert-OH is 16. The van der Waals surface area contributed by atoms with E-state index in [2.05, 4.69) is 0 Å². The fourth-order valence-corrected chi connectivity index (χ4v) is 7.78. The number of nitrogens with two attached hydrogens (primary N) is 3. The summed E-state index contributed by atoms with van der Waals surface area (Å²) in [5.74, 6) is 0. The molecule has 5 fully saturated rings. The summed E-state index contributed by atoms with van der Waals surface area (Å²) in [6, 6.07) is -4.89. The van der Waals surface area contributed by atoms with E-state index in [0.29, 0.717) is 0 Å². The van der Waals surface area contributed by atoms with Crippen LogP contribution in [0.1, 0.15) is 0 Å². The Balaban J connectivity index is 1.42. The third-order valence-corrected chi connectivity index (χ3v) is 11.3. The quantitative estimate of drug-likeness (QED) is 0.0867. The van der Waals surface area contributed by atoms with E-state index in [1.54, 1.807) is 0 Å². The van der Waals surface area contributed by atoms with Crippen molar-refractivity contribution in [2.24, 2.45) is 17.2 Å². The lowest BCUT2D eigenvalue weighted by Crippen LogP contribution is -2.84. The number of aliphatic hydroxyl groups is 16. The van der Waals surface area contributed by atoms with Crippen molar-refractivity contribution in [3.8, 4) is 0 Å². The Kier molecular flexibility index (Phi) is 15.2. The highest BCUT2D eigenvalue weighted by molar-refractivity contribution is 5.19. The summed E-state index contributed by atoms with van der Waals surface area (Å²) in [6.07, 6.45) is -39.3. The fourth-order valence-electron chi connectivity index (χ4n) is 7.78. The highest BCUT2D eigenvalue weighted by Gasteiger charge is 2.72. The number of hydrogen-bond acceptors (Lipinski definition) is 27. The minimum absolute atomic E-state index is 0.785. The molecule has 5 heterocycles. The molecule has 0 bridgehead atoms. The minimum atomic E-state index is -3.06. The van der Waals surface area contributed by atoms with Gasteiger partial charge in [-0.2, -0.15) is 0 Å². The Morgan fingerprint density at radius 2 is 0.807 bits per heavy atom. The molecule has 0 aromatic carbocycles. The second kappa shape index (κ2) is 18.5. The number of rotatable bonds is 12. The molecule has 334 valence electrons. The van der Waals surface area contributed by atoms with Crippen LogP contribution in [0.4, 0.5) is 0 Å². The molecule has 0 amide bonds. The van der Waals surface area contributed by atoms with Gasteiger partial charge in [0.2, 0.25) is 0 Å². The molecule has 0 spiro atoms. The van der Waals surface area contributed by atoms with Gasteiger partial charge in [-0.25, -0.2) is 0 Å². The van der Waals surface area contributed by atoms with Crippen LogP contribution in [0.5, 0.6) is 0 Å². The van der Waals surface area contributed by atoms with Gasteiger partial charge in [-0.05, 0) is 0 Å². The molecule has 5 saturated heterocycles. The van der Waals surface area contributed by atoms with E-state index >= 15 is 0 Å². The van der Waals surface area contributed by atoms with Gasteiger partial charge in [0.25, 0.3) is 0 Å². The summed E-state index contributed by atoms with van der Waals surface area (Å²) in [5.41, 5.74) is 12.0. The molecule has 0 radical (unpaired) electrons. The summed E-state index contributed by atoms with van der Waals surface area (Å²) in [5, 5.41) is 170. The van der Waals surface area contributed by atoms with Crippen molar-refractivity contribution in [3.63, 3.8) is 0 Å². The molecule has 57 heavy (non-hydrogen) atoms. The van der Waals surface area contributed by atoms with Crippen molar-refractivity contribution < 1.29 is 120 Å². The van der Waals surface area contributed by atoms with Gasteiger partial charge in [-0.3, -0.25) is 0 Å². The highest BCUT2D eigenvalue weighted by Crippen LogP contribution is 2.47. The molecule has 5 rings (SSSR count). The van der Waals surface area contributed by atoms with Gasteiger partial charge < -0.3 is 137 Å². The van der Waals surface area contributed by atoms with Crippen LogP contribution < -0.4 is 17.2 Å².